The van der Waals surface area contributed by atoms with E-state index in [-0.39, 0.29) is 30.4 Å². The molecule has 0 heterocycles. The lowest BCUT2D eigenvalue weighted by atomic mass is 10.2. The largest absolute Gasteiger partial charge is 0.508 e. The van der Waals surface area contributed by atoms with Crippen LogP contribution < -0.4 is 14.8 Å². The number of carbonyl (C=O) groups excluding carboxylic acids is 2. The summed E-state index contributed by atoms with van der Waals surface area (Å²) in [4.78, 5) is 21.9. The van der Waals surface area contributed by atoms with Crippen LogP contribution in [0.2, 0.25) is 0 Å². The number of hydrogen-bond acceptors (Lipinski definition) is 7. The van der Waals surface area contributed by atoms with E-state index in [1.165, 1.54) is 19.1 Å². The number of rotatable bonds is 9. The lowest BCUT2D eigenvalue weighted by Crippen LogP contribution is -2.26. The van der Waals surface area contributed by atoms with Gasteiger partial charge in [0.25, 0.3) is 5.91 Å². The average Bonchev–Trinajstić information content (AvgIpc) is 2.82. The Morgan fingerprint density at radius 2 is 1.51 bits per heavy atom. The van der Waals surface area contributed by atoms with Crippen molar-refractivity contribution >= 4 is 33.7 Å². The van der Waals surface area contributed by atoms with Gasteiger partial charge in [0.05, 0.1) is 6.26 Å². The molecule has 39 heavy (non-hydrogen) atoms. The smallest absolute Gasteiger partial charge is 0.333 e. The Labute approximate surface area is 232 Å². The Bertz CT molecular complexity index is 1210. The standard InChI is InChI=1S/C12H16O.C10H11NO2.C7H13NO4S/c1-5-10-6-8-11(9-7-10)13-12(2,3)4;1-7(2)10(13)11-8-3-5-9(12)6-4-8;1-6(2)7(9)12-5-4-8-13(3,10)11/h5-9H,1H2,2-4H3;3-6,12H,1H2,2H3,(H,11,13);8H,1,4-5H2,2-3H3. The number of hydrogen-bond donors (Lipinski definition) is 3. The summed E-state index contributed by atoms with van der Waals surface area (Å²) < 4.78 is 33.6. The molecule has 2 aromatic rings. The van der Waals surface area contributed by atoms with Crippen LogP contribution in [-0.2, 0) is 24.3 Å². The fraction of sp³-hybridized carbons (Fsp3) is 0.310. The Balaban J connectivity index is 0.000000555. The Kier molecular flexibility index (Phi) is 15.2. The number of sulfonamides is 1. The quantitative estimate of drug-likeness (QED) is 0.169. The van der Waals surface area contributed by atoms with Gasteiger partial charge in [-0.05, 0) is 76.6 Å². The summed E-state index contributed by atoms with van der Waals surface area (Å²) >= 11 is 0. The molecule has 0 atom stereocenters. The molecule has 0 aliphatic heterocycles. The molecule has 0 bridgehead atoms. The molecule has 10 heteroatoms. The highest BCUT2D eigenvalue weighted by Gasteiger charge is 2.11. The predicted molar refractivity (Wildman–Crippen MR) is 157 cm³/mol. The molecule has 0 spiro atoms. The van der Waals surface area contributed by atoms with Gasteiger partial charge in [-0.2, -0.15) is 0 Å². The summed E-state index contributed by atoms with van der Waals surface area (Å²) in [6, 6.07) is 14.2. The van der Waals surface area contributed by atoms with Crippen molar-refractivity contribution in [3.05, 3.63) is 85.0 Å². The van der Waals surface area contributed by atoms with Gasteiger partial charge < -0.3 is 19.9 Å². The summed E-state index contributed by atoms with van der Waals surface area (Å²) in [5.41, 5.74) is 2.37. The van der Waals surface area contributed by atoms with Crippen LogP contribution in [0.15, 0.2) is 79.4 Å². The highest BCUT2D eigenvalue weighted by Crippen LogP contribution is 2.18. The zero-order valence-electron chi connectivity index (χ0n) is 23.5. The molecule has 0 saturated heterocycles. The fourth-order valence-electron chi connectivity index (χ4n) is 2.30. The van der Waals surface area contributed by atoms with Gasteiger partial charge in [-0.25, -0.2) is 17.9 Å². The predicted octanol–water partition coefficient (Wildman–Crippen LogP) is 5.07. The second-order valence-corrected chi connectivity index (χ2v) is 11.2. The highest BCUT2D eigenvalue weighted by atomic mass is 32.2. The van der Waals surface area contributed by atoms with Crippen molar-refractivity contribution < 1.29 is 32.6 Å². The zero-order chi connectivity index (χ0) is 30.2. The molecule has 0 aliphatic rings. The number of carbonyl (C=O) groups is 2. The van der Waals surface area contributed by atoms with Crippen molar-refractivity contribution in [2.75, 3.05) is 24.7 Å². The van der Waals surface area contributed by atoms with E-state index >= 15 is 0 Å². The Hall–Kier alpha value is -3.89. The molecule has 0 fully saturated rings. The molecule has 9 nitrogen and oxygen atoms in total. The van der Waals surface area contributed by atoms with Gasteiger partial charge in [0.2, 0.25) is 10.0 Å². The van der Waals surface area contributed by atoms with Crippen LogP contribution >= 0.6 is 0 Å². The van der Waals surface area contributed by atoms with Crippen molar-refractivity contribution in [1.82, 2.24) is 4.72 Å². The first-order valence-corrected chi connectivity index (χ1v) is 13.8. The maximum atomic E-state index is 11.1. The maximum absolute atomic E-state index is 11.1. The van der Waals surface area contributed by atoms with E-state index in [0.29, 0.717) is 16.8 Å². The normalized spacial score (nSPS) is 10.4. The third-order valence-electron chi connectivity index (χ3n) is 4.10. The molecule has 214 valence electrons. The number of phenolic OH excluding ortho intramolecular Hbond substituents is 1. The van der Waals surface area contributed by atoms with E-state index in [4.69, 9.17) is 9.84 Å². The third kappa shape index (κ3) is 18.9. The van der Waals surface area contributed by atoms with Gasteiger partial charge in [0.15, 0.2) is 0 Å². The lowest BCUT2D eigenvalue weighted by Gasteiger charge is -2.21. The van der Waals surface area contributed by atoms with E-state index in [1.54, 1.807) is 19.1 Å². The van der Waals surface area contributed by atoms with Crippen molar-refractivity contribution in [3.63, 3.8) is 0 Å². The number of aromatic hydroxyl groups is 1. The van der Waals surface area contributed by atoms with Crippen LogP contribution in [0.3, 0.4) is 0 Å². The molecule has 0 unspecified atom stereocenters. The molecule has 0 aliphatic carbocycles. The number of benzene rings is 2. The Morgan fingerprint density at radius 3 is 1.92 bits per heavy atom. The van der Waals surface area contributed by atoms with Gasteiger partial charge in [0.1, 0.15) is 23.7 Å². The minimum atomic E-state index is -3.21. The summed E-state index contributed by atoms with van der Waals surface area (Å²) in [7, 11) is -3.21. The van der Waals surface area contributed by atoms with Gasteiger partial charge >= 0.3 is 5.97 Å². The van der Waals surface area contributed by atoms with Crippen LogP contribution in [-0.4, -0.2) is 50.4 Å². The minimum Gasteiger partial charge on any atom is -0.508 e. The first-order valence-electron chi connectivity index (χ1n) is 11.9. The molecule has 0 saturated carbocycles. The van der Waals surface area contributed by atoms with Crippen molar-refractivity contribution in [2.45, 2.75) is 40.2 Å². The minimum absolute atomic E-state index is 0.0127. The van der Waals surface area contributed by atoms with Crippen LogP contribution in [0.4, 0.5) is 5.69 Å². The van der Waals surface area contributed by atoms with E-state index in [2.05, 4.69) is 34.5 Å². The second-order valence-electron chi connectivity index (χ2n) is 9.35. The zero-order valence-corrected chi connectivity index (χ0v) is 24.4. The summed E-state index contributed by atoms with van der Waals surface area (Å²) in [6.45, 7) is 19.9. The van der Waals surface area contributed by atoms with Gasteiger partial charge in [-0.15, -0.1) is 0 Å². The number of esters is 1. The van der Waals surface area contributed by atoms with E-state index in [9.17, 15) is 18.0 Å². The van der Waals surface area contributed by atoms with Crippen LogP contribution in [0.1, 0.15) is 40.2 Å². The fourth-order valence-corrected chi connectivity index (χ4v) is 2.76. The molecule has 2 rings (SSSR count). The van der Waals surface area contributed by atoms with E-state index in [1.807, 2.05) is 51.1 Å². The molecule has 2 aromatic carbocycles. The topological polar surface area (TPSA) is 131 Å². The SMILES string of the molecule is C=C(C)C(=O)Nc1ccc(O)cc1.C=C(C)C(=O)OCCNS(C)(=O)=O.C=Cc1ccc(OC(C)(C)C)cc1. The molecule has 1 amide bonds. The molecular weight excluding hydrogens is 520 g/mol. The van der Waals surface area contributed by atoms with Gasteiger partial charge in [-0.3, -0.25) is 4.79 Å². The summed E-state index contributed by atoms with van der Waals surface area (Å²) in [5.74, 6) is 0.340. The maximum Gasteiger partial charge on any atom is 0.333 e. The third-order valence-corrected chi connectivity index (χ3v) is 4.83. The molecule has 3 N–H and O–H groups in total. The van der Waals surface area contributed by atoms with Crippen LogP contribution in [0.25, 0.3) is 6.08 Å². The van der Waals surface area contributed by atoms with Crippen molar-refractivity contribution in [1.29, 1.82) is 0 Å². The molecule has 0 radical (unpaired) electrons. The van der Waals surface area contributed by atoms with Gasteiger partial charge in [-0.1, -0.05) is 37.9 Å². The van der Waals surface area contributed by atoms with Crippen LogP contribution in [0, 0.1) is 0 Å². The molecule has 0 aromatic heterocycles. The first-order chi connectivity index (χ1) is 17.9. The monoisotopic (exact) mass is 560 g/mol. The number of amides is 1. The van der Waals surface area contributed by atoms with Crippen LogP contribution in [0.5, 0.6) is 11.5 Å². The highest BCUT2D eigenvalue weighted by molar-refractivity contribution is 7.88. The van der Waals surface area contributed by atoms with E-state index in [0.717, 1.165) is 17.6 Å². The number of phenols is 1. The second kappa shape index (κ2) is 16.8. The van der Waals surface area contributed by atoms with Gasteiger partial charge in [0, 0.05) is 23.4 Å². The van der Waals surface area contributed by atoms with Crippen molar-refractivity contribution in [2.24, 2.45) is 0 Å². The first kappa shape index (κ1) is 35.1. The summed E-state index contributed by atoms with van der Waals surface area (Å²) in [6.07, 6.45) is 2.86. The van der Waals surface area contributed by atoms with E-state index < -0.39 is 16.0 Å². The lowest BCUT2D eigenvalue weighted by molar-refractivity contribution is -0.138. The van der Waals surface area contributed by atoms with Crippen molar-refractivity contribution in [3.8, 4) is 11.5 Å². The molecular formula is C29H40N2O7S. The number of anilines is 1. The summed E-state index contributed by atoms with van der Waals surface area (Å²) in [5, 5.41) is 11.6. The average molecular weight is 561 g/mol. The number of ether oxygens (including phenoxy) is 2. The Morgan fingerprint density at radius 1 is 0.974 bits per heavy atom. The number of nitrogens with one attached hydrogen (secondary N) is 2.